The summed E-state index contributed by atoms with van der Waals surface area (Å²) in [5, 5.41) is 10.3. The number of hydrogen-bond donors (Lipinski definition) is 1. The molecular weight excluding hydrogens is 384 g/mol. The predicted molar refractivity (Wildman–Crippen MR) is 117 cm³/mol. The van der Waals surface area contributed by atoms with E-state index < -0.39 is 0 Å². The lowest BCUT2D eigenvalue weighted by Crippen LogP contribution is -2.14. The predicted octanol–water partition coefficient (Wildman–Crippen LogP) is 4.87. The van der Waals surface area contributed by atoms with Gasteiger partial charge in [-0.25, -0.2) is 9.67 Å². The lowest BCUT2D eigenvalue weighted by atomic mass is 10.1. The highest BCUT2D eigenvalue weighted by Crippen LogP contribution is 2.23. The zero-order valence-electron chi connectivity index (χ0n) is 17.5. The van der Waals surface area contributed by atoms with Crippen molar-refractivity contribution in [2.75, 3.05) is 12.4 Å². The van der Waals surface area contributed by atoms with Crippen molar-refractivity contribution in [2.45, 2.75) is 52.9 Å². The van der Waals surface area contributed by atoms with Crippen molar-refractivity contribution >= 4 is 22.9 Å². The third-order valence-corrected chi connectivity index (χ3v) is 5.77. The molecule has 2 heterocycles. The van der Waals surface area contributed by atoms with Gasteiger partial charge in [-0.15, -0.1) is 11.3 Å². The second kappa shape index (κ2) is 9.69. The Balaban J connectivity index is 1.65. The number of unbranched alkanes of at least 4 members (excludes halogenated alkanes) is 2. The molecule has 29 heavy (non-hydrogen) atoms. The molecule has 154 valence electrons. The summed E-state index contributed by atoms with van der Waals surface area (Å²) in [4.78, 5) is 17.0. The van der Waals surface area contributed by atoms with Crippen LogP contribution in [0.4, 0.5) is 5.69 Å². The number of thiazole rings is 1. The molecule has 6 nitrogen and oxygen atoms in total. The molecule has 7 heteroatoms. The summed E-state index contributed by atoms with van der Waals surface area (Å²) in [5.41, 5.74) is 5.00. The van der Waals surface area contributed by atoms with Crippen LogP contribution in [0.1, 0.15) is 48.8 Å². The summed E-state index contributed by atoms with van der Waals surface area (Å²) in [5.74, 6) is 0.659. The maximum Gasteiger partial charge on any atom is 0.230 e. The van der Waals surface area contributed by atoms with Crippen molar-refractivity contribution in [3.63, 3.8) is 0 Å². The van der Waals surface area contributed by atoms with Crippen LogP contribution in [-0.2, 0) is 17.6 Å². The fourth-order valence-electron chi connectivity index (χ4n) is 3.29. The van der Waals surface area contributed by atoms with Crippen LogP contribution in [0.5, 0.6) is 5.75 Å². The quantitative estimate of drug-likeness (QED) is 0.509. The van der Waals surface area contributed by atoms with E-state index in [0.29, 0.717) is 0 Å². The SMILES string of the molecule is CCCCCc1c(C)nn(-c2nc(CC(=O)Nc3ccc(OC)cc3)cs2)c1C. The number of ether oxygens (including phenoxy) is 1. The van der Waals surface area contributed by atoms with Gasteiger partial charge in [0.1, 0.15) is 5.75 Å². The number of carbonyl (C=O) groups excluding carboxylic acids is 1. The number of benzene rings is 1. The average Bonchev–Trinajstić information content (AvgIpc) is 3.27. The molecule has 1 aromatic carbocycles. The van der Waals surface area contributed by atoms with E-state index >= 15 is 0 Å². The van der Waals surface area contributed by atoms with Crippen LogP contribution in [-0.4, -0.2) is 27.8 Å². The molecule has 0 bridgehead atoms. The van der Waals surface area contributed by atoms with E-state index in [1.165, 1.54) is 36.2 Å². The molecule has 0 fully saturated rings. The van der Waals surface area contributed by atoms with Gasteiger partial charge in [-0.1, -0.05) is 19.8 Å². The van der Waals surface area contributed by atoms with Gasteiger partial charge in [0.25, 0.3) is 0 Å². The first-order valence-corrected chi connectivity index (χ1v) is 10.8. The van der Waals surface area contributed by atoms with Gasteiger partial charge in [-0.3, -0.25) is 4.79 Å². The second-order valence-electron chi connectivity index (χ2n) is 7.09. The van der Waals surface area contributed by atoms with Gasteiger partial charge in [0.2, 0.25) is 11.0 Å². The second-order valence-corrected chi connectivity index (χ2v) is 7.93. The molecule has 0 aliphatic rings. The van der Waals surface area contributed by atoms with Crippen LogP contribution in [0.15, 0.2) is 29.6 Å². The maximum absolute atomic E-state index is 12.4. The third kappa shape index (κ3) is 5.23. The lowest BCUT2D eigenvalue weighted by Gasteiger charge is -2.05. The number of aromatic nitrogens is 3. The first-order valence-electron chi connectivity index (χ1n) is 9.95. The molecular formula is C22H28N4O2S. The highest BCUT2D eigenvalue weighted by atomic mass is 32.1. The molecule has 0 saturated heterocycles. The molecule has 3 rings (SSSR count). The summed E-state index contributed by atoms with van der Waals surface area (Å²) < 4.78 is 7.04. The van der Waals surface area contributed by atoms with Crippen LogP contribution in [0, 0.1) is 13.8 Å². The first kappa shape index (κ1) is 21.0. The fourth-order valence-corrected chi connectivity index (χ4v) is 4.12. The summed E-state index contributed by atoms with van der Waals surface area (Å²) in [6.07, 6.45) is 4.90. The number of amides is 1. The van der Waals surface area contributed by atoms with Crippen molar-refractivity contribution in [1.29, 1.82) is 0 Å². The van der Waals surface area contributed by atoms with Gasteiger partial charge >= 0.3 is 0 Å². The number of anilines is 1. The van der Waals surface area contributed by atoms with Crippen LogP contribution in [0.2, 0.25) is 0 Å². The molecule has 0 spiro atoms. The van der Waals surface area contributed by atoms with Crippen molar-refractivity contribution in [3.8, 4) is 10.9 Å². The number of carbonyl (C=O) groups is 1. The Bertz CT molecular complexity index is 960. The van der Waals surface area contributed by atoms with Crippen LogP contribution in [0.3, 0.4) is 0 Å². The molecule has 0 unspecified atom stereocenters. The minimum absolute atomic E-state index is 0.0966. The minimum atomic E-state index is -0.0966. The van der Waals surface area contributed by atoms with Gasteiger partial charge in [0.15, 0.2) is 0 Å². The Morgan fingerprint density at radius 2 is 1.97 bits per heavy atom. The lowest BCUT2D eigenvalue weighted by molar-refractivity contribution is -0.115. The van der Waals surface area contributed by atoms with Crippen LogP contribution >= 0.6 is 11.3 Å². The van der Waals surface area contributed by atoms with Crippen LogP contribution in [0.25, 0.3) is 5.13 Å². The van der Waals surface area contributed by atoms with E-state index in [4.69, 9.17) is 4.74 Å². The molecule has 0 aliphatic carbocycles. The summed E-state index contributed by atoms with van der Waals surface area (Å²) in [7, 11) is 1.62. The van der Waals surface area contributed by atoms with Gasteiger partial charge in [0.05, 0.1) is 24.9 Å². The Labute approximate surface area is 175 Å². The number of methoxy groups -OCH3 is 1. The van der Waals surface area contributed by atoms with E-state index in [9.17, 15) is 4.79 Å². The largest absolute Gasteiger partial charge is 0.497 e. The molecule has 0 aliphatic heterocycles. The molecule has 0 radical (unpaired) electrons. The van der Waals surface area contributed by atoms with E-state index in [1.54, 1.807) is 7.11 Å². The van der Waals surface area contributed by atoms with Crippen molar-refractivity contribution < 1.29 is 9.53 Å². The standard InChI is InChI=1S/C22H28N4O2S/c1-5-6-7-8-20-15(2)25-26(16(20)3)22-24-18(14-29-22)13-21(27)23-17-9-11-19(28-4)12-10-17/h9-12,14H,5-8,13H2,1-4H3,(H,23,27). The van der Waals surface area contributed by atoms with Gasteiger partial charge < -0.3 is 10.1 Å². The summed E-state index contributed by atoms with van der Waals surface area (Å²) in [6.45, 7) is 6.37. The first-order chi connectivity index (χ1) is 14.0. The molecule has 0 atom stereocenters. The average molecular weight is 413 g/mol. The van der Waals surface area contributed by atoms with E-state index in [-0.39, 0.29) is 12.3 Å². The maximum atomic E-state index is 12.4. The van der Waals surface area contributed by atoms with Crippen molar-refractivity contribution in [3.05, 3.63) is 52.3 Å². The molecule has 3 aromatic rings. The molecule has 0 saturated carbocycles. The zero-order valence-corrected chi connectivity index (χ0v) is 18.3. The minimum Gasteiger partial charge on any atom is -0.497 e. The number of nitrogens with one attached hydrogen (secondary N) is 1. The Kier molecular flexibility index (Phi) is 7.04. The van der Waals surface area contributed by atoms with Gasteiger partial charge in [-0.05, 0) is 56.5 Å². The fraction of sp³-hybridized carbons (Fsp3) is 0.409. The molecule has 2 aromatic heterocycles. The third-order valence-electron chi connectivity index (χ3n) is 4.91. The topological polar surface area (TPSA) is 69.0 Å². The Morgan fingerprint density at radius 1 is 1.21 bits per heavy atom. The highest BCUT2D eigenvalue weighted by Gasteiger charge is 2.16. The molecule has 1 N–H and O–H groups in total. The van der Waals surface area contributed by atoms with E-state index in [1.807, 2.05) is 34.3 Å². The Hall–Kier alpha value is -2.67. The summed E-state index contributed by atoms with van der Waals surface area (Å²) in [6, 6.07) is 7.27. The van der Waals surface area contributed by atoms with Crippen LogP contribution < -0.4 is 10.1 Å². The Morgan fingerprint density at radius 3 is 2.66 bits per heavy atom. The van der Waals surface area contributed by atoms with Crippen molar-refractivity contribution in [2.24, 2.45) is 0 Å². The van der Waals surface area contributed by atoms with E-state index in [0.717, 1.165) is 40.1 Å². The number of rotatable bonds is 9. The molecule has 1 amide bonds. The summed E-state index contributed by atoms with van der Waals surface area (Å²) >= 11 is 1.51. The smallest absolute Gasteiger partial charge is 0.230 e. The van der Waals surface area contributed by atoms with Gasteiger partial charge in [0, 0.05) is 16.8 Å². The normalized spacial score (nSPS) is 10.9. The monoisotopic (exact) mass is 412 g/mol. The number of hydrogen-bond acceptors (Lipinski definition) is 5. The zero-order chi connectivity index (χ0) is 20.8. The van der Waals surface area contributed by atoms with Crippen molar-refractivity contribution in [1.82, 2.24) is 14.8 Å². The number of aryl methyl sites for hydroxylation is 1. The number of nitrogens with zero attached hydrogens (tertiary/aromatic N) is 3. The van der Waals surface area contributed by atoms with E-state index in [2.05, 4.69) is 36.2 Å². The highest BCUT2D eigenvalue weighted by molar-refractivity contribution is 7.12. The van der Waals surface area contributed by atoms with Gasteiger partial charge in [-0.2, -0.15) is 5.10 Å².